The van der Waals surface area contributed by atoms with Gasteiger partial charge < -0.3 is 20.1 Å². The molecule has 7 rings (SSSR count). The van der Waals surface area contributed by atoms with Crippen molar-refractivity contribution in [3.63, 3.8) is 0 Å². The third-order valence-corrected chi connectivity index (χ3v) is 10.00. The molecule has 3 N–H and O–H groups in total. The number of rotatable bonds is 5. The van der Waals surface area contributed by atoms with Crippen LogP contribution in [0.25, 0.3) is 43.6 Å². The van der Waals surface area contributed by atoms with Crippen LogP contribution in [0.3, 0.4) is 0 Å². The normalized spacial score (nSPS) is 17.3. The Bertz CT molecular complexity index is 1960. The van der Waals surface area contributed by atoms with Crippen molar-refractivity contribution in [3.05, 3.63) is 70.6 Å². The van der Waals surface area contributed by atoms with Gasteiger partial charge in [0, 0.05) is 23.1 Å². The number of nitrogens with two attached hydrogens (primary N) is 1. The molecular weight excluding hydrogens is 591 g/mol. The van der Waals surface area contributed by atoms with Gasteiger partial charge >= 0.3 is 12.3 Å². The van der Waals surface area contributed by atoms with Gasteiger partial charge in [0.25, 0.3) is 0 Å². The number of amides is 1. The van der Waals surface area contributed by atoms with Crippen molar-refractivity contribution < 1.29 is 32.6 Å². The number of benzene rings is 2. The number of carbonyl (C=O) groups excluding carboxylic acids is 1. The smallest absolute Gasteiger partial charge is 0.477 e. The minimum atomic E-state index is -4.80. The van der Waals surface area contributed by atoms with Gasteiger partial charge in [-0.15, -0.1) is 24.5 Å². The quantitative estimate of drug-likeness (QED) is 0.208. The Morgan fingerprint density at radius 1 is 1.05 bits per heavy atom. The Balaban J connectivity index is 1.42. The molecule has 1 aliphatic carbocycles. The second-order valence-electron chi connectivity index (χ2n) is 11.6. The first-order valence-corrected chi connectivity index (χ1v) is 15.4. The minimum absolute atomic E-state index is 0.266. The first kappa shape index (κ1) is 28.4. The lowest BCUT2D eigenvalue weighted by atomic mass is 9.82. The van der Waals surface area contributed by atoms with E-state index in [-0.39, 0.29) is 16.5 Å². The van der Waals surface area contributed by atoms with E-state index in [2.05, 4.69) is 9.30 Å². The molecule has 1 atom stereocenters. The van der Waals surface area contributed by atoms with Crippen LogP contribution in [0, 0.1) is 5.92 Å². The second kappa shape index (κ2) is 10.7. The van der Waals surface area contributed by atoms with Crippen molar-refractivity contribution >= 4 is 44.3 Å². The Kier molecular flexibility index (Phi) is 6.88. The lowest BCUT2D eigenvalue weighted by Gasteiger charge is -2.24. The van der Waals surface area contributed by atoms with Crippen LogP contribution in [0.4, 0.5) is 13.2 Å². The molecule has 44 heavy (non-hydrogen) atoms. The summed E-state index contributed by atoms with van der Waals surface area (Å²) in [5, 5.41) is 10.6. The standard InChI is InChI=1S/C33H28F3N3O4S/c34-33(35,36)43-20-8-4-7-18(13-20)24-11-9-21-23-14-19(31(37)40)16-39-26-15-27(32(41)42)44-30(26)28(17-5-2-1-3-6-17)29(39)22(23)10-12-25(21)38-24/h4,7-13,15,17,19H,1-3,5-6,14,16H2,(H2,37,40)(H,41,42). The molecular formula is C33H28F3N3O4S. The minimum Gasteiger partial charge on any atom is -0.477 e. The number of fused-ring (bicyclic) bond motifs is 7. The van der Waals surface area contributed by atoms with E-state index in [1.807, 2.05) is 18.2 Å². The summed E-state index contributed by atoms with van der Waals surface area (Å²) in [5.74, 6) is -2.02. The fourth-order valence-electron chi connectivity index (χ4n) is 6.95. The fraction of sp³-hybridized carbons (Fsp3) is 0.303. The van der Waals surface area contributed by atoms with Crippen LogP contribution in [-0.2, 0) is 17.8 Å². The number of hydrogen-bond donors (Lipinski definition) is 2. The molecule has 4 heterocycles. The maximum Gasteiger partial charge on any atom is 0.573 e. The molecule has 1 fully saturated rings. The summed E-state index contributed by atoms with van der Waals surface area (Å²) in [6.45, 7) is 0.331. The maximum absolute atomic E-state index is 12.8. The third kappa shape index (κ3) is 4.98. The number of primary amides is 1. The van der Waals surface area contributed by atoms with Crippen molar-refractivity contribution in [2.24, 2.45) is 11.7 Å². The molecule has 1 unspecified atom stereocenters. The molecule has 1 amide bonds. The topological polar surface area (TPSA) is 107 Å². The highest BCUT2D eigenvalue weighted by Crippen LogP contribution is 2.49. The van der Waals surface area contributed by atoms with Crippen LogP contribution in [0.1, 0.15) is 58.8 Å². The van der Waals surface area contributed by atoms with Crippen molar-refractivity contribution in [2.75, 3.05) is 0 Å². The van der Waals surface area contributed by atoms with Crippen LogP contribution >= 0.6 is 11.3 Å². The van der Waals surface area contributed by atoms with Gasteiger partial charge in [-0.3, -0.25) is 4.79 Å². The lowest BCUT2D eigenvalue weighted by Crippen LogP contribution is -2.28. The van der Waals surface area contributed by atoms with E-state index in [1.165, 1.54) is 36.0 Å². The van der Waals surface area contributed by atoms with Crippen molar-refractivity contribution in [3.8, 4) is 28.3 Å². The zero-order chi connectivity index (χ0) is 30.7. The second-order valence-corrected chi connectivity index (χ2v) is 12.6. The Hall–Kier alpha value is -4.38. The molecule has 2 aliphatic rings. The Morgan fingerprint density at radius 3 is 2.57 bits per heavy atom. The van der Waals surface area contributed by atoms with Gasteiger partial charge in [0.1, 0.15) is 10.6 Å². The van der Waals surface area contributed by atoms with Gasteiger partial charge in [0.2, 0.25) is 5.91 Å². The monoisotopic (exact) mass is 619 g/mol. The molecule has 0 saturated heterocycles. The molecule has 2 aromatic carbocycles. The number of alkyl halides is 3. The van der Waals surface area contributed by atoms with Crippen LogP contribution in [0.5, 0.6) is 5.75 Å². The maximum atomic E-state index is 12.8. The summed E-state index contributed by atoms with van der Waals surface area (Å²) in [6, 6.07) is 15.0. The summed E-state index contributed by atoms with van der Waals surface area (Å²) in [4.78, 5) is 29.8. The van der Waals surface area contributed by atoms with Gasteiger partial charge in [0.15, 0.2) is 0 Å². The summed E-state index contributed by atoms with van der Waals surface area (Å²) in [6.07, 6.45) is 0.968. The highest BCUT2D eigenvalue weighted by Gasteiger charge is 2.35. The molecule has 3 aromatic heterocycles. The molecule has 1 aliphatic heterocycles. The number of halogens is 3. The average Bonchev–Trinajstić information content (AvgIpc) is 3.49. The van der Waals surface area contributed by atoms with Crippen molar-refractivity contribution in [1.82, 2.24) is 9.55 Å². The predicted octanol–water partition coefficient (Wildman–Crippen LogP) is 7.89. The number of thiophene rings is 1. The van der Waals surface area contributed by atoms with E-state index in [0.717, 1.165) is 63.7 Å². The zero-order valence-electron chi connectivity index (χ0n) is 23.5. The summed E-state index contributed by atoms with van der Waals surface area (Å²) in [5.41, 5.74) is 12.4. The number of aromatic carboxylic acids is 1. The first-order chi connectivity index (χ1) is 21.1. The van der Waals surface area contributed by atoms with Gasteiger partial charge in [-0.25, -0.2) is 9.78 Å². The van der Waals surface area contributed by atoms with E-state index in [0.29, 0.717) is 29.7 Å². The average molecular weight is 620 g/mol. The Morgan fingerprint density at radius 2 is 1.84 bits per heavy atom. The molecule has 11 heteroatoms. The molecule has 7 nitrogen and oxygen atoms in total. The van der Waals surface area contributed by atoms with Crippen LogP contribution in [-0.4, -0.2) is 32.9 Å². The van der Waals surface area contributed by atoms with Crippen LogP contribution < -0.4 is 10.5 Å². The number of pyridine rings is 1. The van der Waals surface area contributed by atoms with Crippen molar-refractivity contribution in [2.45, 2.75) is 57.3 Å². The number of carbonyl (C=O) groups is 2. The number of hydrogen-bond acceptors (Lipinski definition) is 5. The van der Waals surface area contributed by atoms with Gasteiger partial charge in [-0.2, -0.15) is 0 Å². The SMILES string of the molecule is NC(=O)C1Cc2c(ccc3nc(-c4cccc(OC(F)(F)F)c4)ccc23)-c2c(C3CCCCC3)c3sc(C(=O)O)cc3n2C1. The van der Waals surface area contributed by atoms with E-state index < -0.39 is 24.2 Å². The van der Waals surface area contributed by atoms with E-state index >= 15 is 0 Å². The van der Waals surface area contributed by atoms with E-state index in [1.54, 1.807) is 18.2 Å². The number of ether oxygens (including phenoxy) is 1. The Labute approximate surface area is 254 Å². The molecule has 1 saturated carbocycles. The van der Waals surface area contributed by atoms with Gasteiger partial charge in [-0.05, 0) is 66.6 Å². The zero-order valence-corrected chi connectivity index (χ0v) is 24.3. The van der Waals surface area contributed by atoms with Gasteiger partial charge in [-0.1, -0.05) is 43.5 Å². The number of aromatic nitrogens is 2. The molecule has 5 aromatic rings. The van der Waals surface area contributed by atoms with E-state index in [4.69, 9.17) is 10.7 Å². The highest BCUT2D eigenvalue weighted by molar-refractivity contribution is 7.21. The molecule has 226 valence electrons. The third-order valence-electron chi connectivity index (χ3n) is 8.85. The van der Waals surface area contributed by atoms with Crippen LogP contribution in [0.15, 0.2) is 54.6 Å². The predicted molar refractivity (Wildman–Crippen MR) is 162 cm³/mol. The fourth-order valence-corrected chi connectivity index (χ4v) is 8.07. The summed E-state index contributed by atoms with van der Waals surface area (Å²) < 4.78 is 45.6. The highest BCUT2D eigenvalue weighted by atomic mass is 32.1. The number of carboxylic acids is 1. The molecule has 0 spiro atoms. The molecule has 0 radical (unpaired) electrons. The van der Waals surface area contributed by atoms with Gasteiger partial charge in [0.05, 0.1) is 33.0 Å². The summed E-state index contributed by atoms with van der Waals surface area (Å²) >= 11 is 1.29. The number of carboxylic acid groups (broad SMARTS) is 1. The first-order valence-electron chi connectivity index (χ1n) is 14.5. The van der Waals surface area contributed by atoms with Crippen molar-refractivity contribution in [1.29, 1.82) is 0 Å². The molecule has 0 bridgehead atoms. The number of nitrogens with zero attached hydrogens (tertiary/aromatic N) is 2. The lowest BCUT2D eigenvalue weighted by molar-refractivity contribution is -0.274. The van der Waals surface area contributed by atoms with Crippen LogP contribution in [0.2, 0.25) is 0 Å². The van der Waals surface area contributed by atoms with E-state index in [9.17, 15) is 27.9 Å². The largest absolute Gasteiger partial charge is 0.573 e. The summed E-state index contributed by atoms with van der Waals surface area (Å²) in [7, 11) is 0.